The van der Waals surface area contributed by atoms with E-state index < -0.39 is 11.4 Å². The van der Waals surface area contributed by atoms with Gasteiger partial charge in [0, 0.05) is 7.05 Å². The van der Waals surface area contributed by atoms with Crippen LogP contribution in [0, 0.1) is 5.82 Å². The maximum Gasteiger partial charge on any atom is 0.288 e. The summed E-state index contributed by atoms with van der Waals surface area (Å²) in [5, 5.41) is 2.56. The lowest BCUT2D eigenvalue weighted by molar-refractivity contribution is 0.601. The average molecular weight is 143 g/mol. The van der Waals surface area contributed by atoms with Crippen LogP contribution in [0.3, 0.4) is 0 Å². The third-order valence-electron chi connectivity index (χ3n) is 0.993. The normalized spacial score (nSPS) is 9.40. The van der Waals surface area contributed by atoms with Crippen LogP contribution in [0.2, 0.25) is 0 Å². The van der Waals surface area contributed by atoms with E-state index in [2.05, 4.69) is 15.3 Å². The number of rotatable bonds is 1. The molecule has 2 N–H and O–H groups in total. The topological polar surface area (TPSA) is 57.8 Å². The Balaban J connectivity index is 3.17. The molecule has 1 heterocycles. The lowest BCUT2D eigenvalue weighted by Gasteiger charge is -1.94. The Bertz CT molecular complexity index is 282. The number of halogens is 1. The van der Waals surface area contributed by atoms with Crippen LogP contribution in [-0.2, 0) is 0 Å². The first-order valence-corrected chi connectivity index (χ1v) is 2.66. The predicted molar refractivity (Wildman–Crippen MR) is 34.4 cm³/mol. The maximum atomic E-state index is 12.2. The molecule has 0 aromatic carbocycles. The fraction of sp³-hybridized carbons (Fsp3) is 0.200. The van der Waals surface area contributed by atoms with Gasteiger partial charge in [-0.05, 0) is 0 Å². The molecular formula is C5H6FN3O. The maximum absolute atomic E-state index is 12.2. The summed E-state index contributed by atoms with van der Waals surface area (Å²) in [7, 11) is 1.58. The molecule has 1 aromatic heterocycles. The van der Waals surface area contributed by atoms with Crippen molar-refractivity contribution in [2.75, 3.05) is 12.4 Å². The van der Waals surface area contributed by atoms with Gasteiger partial charge in [-0.1, -0.05) is 0 Å². The number of hydrogen-bond donors (Lipinski definition) is 2. The summed E-state index contributed by atoms with van der Waals surface area (Å²) in [5.74, 6) is -0.620. The number of H-pyrrole nitrogens is 1. The lowest BCUT2D eigenvalue weighted by atomic mass is 10.6. The van der Waals surface area contributed by atoms with Crippen molar-refractivity contribution in [2.24, 2.45) is 0 Å². The van der Waals surface area contributed by atoms with Gasteiger partial charge in [-0.15, -0.1) is 0 Å². The number of hydrogen-bond acceptors (Lipinski definition) is 3. The molecule has 0 aliphatic rings. The third-order valence-corrected chi connectivity index (χ3v) is 0.993. The first-order valence-electron chi connectivity index (χ1n) is 2.66. The van der Waals surface area contributed by atoms with Crippen molar-refractivity contribution in [3.8, 4) is 0 Å². The second-order valence-corrected chi connectivity index (χ2v) is 1.66. The van der Waals surface area contributed by atoms with Gasteiger partial charge in [0.1, 0.15) is 0 Å². The fourth-order valence-corrected chi connectivity index (χ4v) is 0.506. The van der Waals surface area contributed by atoms with Crippen LogP contribution in [0.25, 0.3) is 0 Å². The van der Waals surface area contributed by atoms with Gasteiger partial charge in [0.25, 0.3) is 5.56 Å². The van der Waals surface area contributed by atoms with Gasteiger partial charge in [0.15, 0.2) is 0 Å². The van der Waals surface area contributed by atoms with Crippen molar-refractivity contribution in [1.82, 2.24) is 9.97 Å². The zero-order valence-corrected chi connectivity index (χ0v) is 5.31. The monoisotopic (exact) mass is 143 g/mol. The van der Waals surface area contributed by atoms with Gasteiger partial charge in [0.2, 0.25) is 11.8 Å². The van der Waals surface area contributed by atoms with Gasteiger partial charge < -0.3 is 5.32 Å². The second kappa shape index (κ2) is 2.47. The summed E-state index contributed by atoms with van der Waals surface area (Å²) in [5.41, 5.74) is -0.764. The van der Waals surface area contributed by atoms with E-state index in [1.54, 1.807) is 7.05 Å². The van der Waals surface area contributed by atoms with E-state index in [1.807, 2.05) is 0 Å². The molecule has 0 aliphatic heterocycles. The van der Waals surface area contributed by atoms with Gasteiger partial charge in [-0.3, -0.25) is 9.78 Å². The lowest BCUT2D eigenvalue weighted by Crippen LogP contribution is -2.13. The molecule has 0 unspecified atom stereocenters. The van der Waals surface area contributed by atoms with E-state index in [9.17, 15) is 9.18 Å². The van der Waals surface area contributed by atoms with Gasteiger partial charge in [-0.2, -0.15) is 4.39 Å². The highest BCUT2D eigenvalue weighted by atomic mass is 19.1. The average Bonchev–Trinajstić information content (AvgIpc) is 1.95. The van der Waals surface area contributed by atoms with Crippen LogP contribution in [0.4, 0.5) is 10.3 Å². The molecule has 0 bridgehead atoms. The van der Waals surface area contributed by atoms with Crippen LogP contribution >= 0.6 is 0 Å². The molecule has 0 fully saturated rings. The standard InChI is InChI=1S/C5H6FN3O/c1-7-5-8-2-3(6)4(10)9-5/h2H,1H3,(H2,7,8,9,10). The van der Waals surface area contributed by atoms with Crippen LogP contribution < -0.4 is 10.9 Å². The minimum Gasteiger partial charge on any atom is -0.359 e. The first kappa shape index (κ1) is 6.73. The molecule has 0 aliphatic carbocycles. The molecule has 54 valence electrons. The summed E-state index contributed by atoms with van der Waals surface area (Å²) in [4.78, 5) is 16.2. The van der Waals surface area contributed by atoms with E-state index in [0.717, 1.165) is 6.20 Å². The van der Waals surface area contributed by atoms with Crippen LogP contribution in [0.5, 0.6) is 0 Å². The van der Waals surface area contributed by atoms with Gasteiger partial charge in [0.05, 0.1) is 6.20 Å². The fourth-order valence-electron chi connectivity index (χ4n) is 0.506. The predicted octanol–water partition coefficient (Wildman–Crippen LogP) is -0.0493. The molecule has 10 heavy (non-hydrogen) atoms. The molecule has 0 atom stereocenters. The number of nitrogens with zero attached hydrogens (tertiary/aromatic N) is 1. The van der Waals surface area contributed by atoms with Crippen LogP contribution in [-0.4, -0.2) is 17.0 Å². The molecule has 0 spiro atoms. The van der Waals surface area contributed by atoms with E-state index in [-0.39, 0.29) is 5.95 Å². The summed E-state index contributed by atoms with van der Waals surface area (Å²) in [6, 6.07) is 0. The molecule has 0 radical (unpaired) electrons. The van der Waals surface area contributed by atoms with Crippen molar-refractivity contribution >= 4 is 5.95 Å². The second-order valence-electron chi connectivity index (χ2n) is 1.66. The van der Waals surface area contributed by atoms with Crippen molar-refractivity contribution < 1.29 is 4.39 Å². The molecule has 1 aromatic rings. The van der Waals surface area contributed by atoms with E-state index >= 15 is 0 Å². The Morgan fingerprint density at radius 3 is 3.00 bits per heavy atom. The minimum atomic E-state index is -0.876. The molecule has 5 heteroatoms. The Labute approximate surface area is 56.1 Å². The molecule has 1 rings (SSSR count). The zero-order valence-electron chi connectivity index (χ0n) is 5.31. The molecule has 0 saturated heterocycles. The SMILES string of the molecule is CNc1ncc(F)c(=O)[nH]1. The Morgan fingerprint density at radius 2 is 2.50 bits per heavy atom. The van der Waals surface area contributed by atoms with E-state index in [4.69, 9.17) is 0 Å². The summed E-state index contributed by atoms with van der Waals surface area (Å²) in [6.07, 6.45) is 0.866. The minimum absolute atomic E-state index is 0.256. The number of nitrogens with one attached hydrogen (secondary N) is 2. The molecule has 0 amide bonds. The summed E-state index contributed by atoms with van der Waals surface area (Å²) in [6.45, 7) is 0. The smallest absolute Gasteiger partial charge is 0.288 e. The molecular weight excluding hydrogens is 137 g/mol. The number of aromatic amines is 1. The Morgan fingerprint density at radius 1 is 1.80 bits per heavy atom. The summed E-state index contributed by atoms with van der Waals surface area (Å²) >= 11 is 0. The molecule has 4 nitrogen and oxygen atoms in total. The highest BCUT2D eigenvalue weighted by molar-refractivity contribution is 5.20. The van der Waals surface area contributed by atoms with Crippen molar-refractivity contribution in [3.63, 3.8) is 0 Å². The van der Waals surface area contributed by atoms with Gasteiger partial charge in [-0.25, -0.2) is 4.98 Å². The quantitative estimate of drug-likeness (QED) is 0.579. The van der Waals surface area contributed by atoms with Crippen molar-refractivity contribution in [3.05, 3.63) is 22.4 Å². The van der Waals surface area contributed by atoms with Crippen LogP contribution in [0.15, 0.2) is 11.0 Å². The van der Waals surface area contributed by atoms with Crippen molar-refractivity contribution in [2.45, 2.75) is 0 Å². The van der Waals surface area contributed by atoms with Crippen molar-refractivity contribution in [1.29, 1.82) is 0 Å². The highest BCUT2D eigenvalue weighted by Gasteiger charge is 1.97. The molecule has 0 saturated carbocycles. The highest BCUT2D eigenvalue weighted by Crippen LogP contribution is 1.89. The summed E-state index contributed by atoms with van der Waals surface area (Å²) < 4.78 is 12.2. The Hall–Kier alpha value is -1.39. The number of aromatic nitrogens is 2. The zero-order chi connectivity index (χ0) is 7.56. The van der Waals surface area contributed by atoms with Crippen LogP contribution in [0.1, 0.15) is 0 Å². The first-order chi connectivity index (χ1) is 4.74. The van der Waals surface area contributed by atoms with E-state index in [0.29, 0.717) is 0 Å². The Kier molecular flexibility index (Phi) is 1.66. The van der Waals surface area contributed by atoms with E-state index in [1.165, 1.54) is 0 Å². The number of anilines is 1. The largest absolute Gasteiger partial charge is 0.359 e. The third kappa shape index (κ3) is 1.12. The van der Waals surface area contributed by atoms with Gasteiger partial charge >= 0.3 is 0 Å².